The Labute approximate surface area is 173 Å². The van der Waals surface area contributed by atoms with Crippen molar-refractivity contribution < 1.29 is 18.7 Å². The van der Waals surface area contributed by atoms with Gasteiger partial charge in [-0.05, 0) is 43.3 Å². The lowest BCUT2D eigenvalue weighted by molar-refractivity contribution is -0.143. The quantitative estimate of drug-likeness (QED) is 0.354. The van der Waals surface area contributed by atoms with Gasteiger partial charge in [-0.2, -0.15) is 5.26 Å². The van der Waals surface area contributed by atoms with Crippen molar-refractivity contribution in [3.63, 3.8) is 0 Å². The van der Waals surface area contributed by atoms with Gasteiger partial charge in [-0.3, -0.25) is 9.59 Å². The fraction of sp³-hybridized carbons (Fsp3) is 0.174. The Morgan fingerprint density at radius 1 is 1.23 bits per heavy atom. The number of aromatic nitrogens is 1. The van der Waals surface area contributed by atoms with Crippen LogP contribution in [0, 0.1) is 17.1 Å². The molecule has 6 nitrogen and oxygen atoms in total. The van der Waals surface area contributed by atoms with E-state index in [0.29, 0.717) is 22.2 Å². The van der Waals surface area contributed by atoms with Crippen LogP contribution < -0.4 is 4.90 Å². The van der Waals surface area contributed by atoms with Crippen LogP contribution in [0.3, 0.4) is 0 Å². The van der Waals surface area contributed by atoms with Gasteiger partial charge in [-0.1, -0.05) is 18.2 Å². The number of benzene rings is 2. The molecule has 0 saturated heterocycles. The summed E-state index contributed by atoms with van der Waals surface area (Å²) in [5.74, 6) is -1.39. The van der Waals surface area contributed by atoms with Crippen molar-refractivity contribution >= 4 is 34.5 Å². The molecule has 0 aliphatic carbocycles. The van der Waals surface area contributed by atoms with Crippen LogP contribution in [-0.4, -0.2) is 30.1 Å². The monoisotopic (exact) mass is 405 g/mol. The highest BCUT2D eigenvalue weighted by atomic mass is 19.1. The maximum atomic E-state index is 13.9. The van der Waals surface area contributed by atoms with Crippen LogP contribution in [0.2, 0.25) is 0 Å². The fourth-order valence-electron chi connectivity index (χ4n) is 3.14. The van der Waals surface area contributed by atoms with Gasteiger partial charge in [0.15, 0.2) is 0 Å². The molecule has 0 fully saturated rings. The smallest absolute Gasteiger partial charge is 0.325 e. The molecule has 2 aromatic carbocycles. The number of carbonyl (C=O) groups excluding carboxylic acids is 2. The summed E-state index contributed by atoms with van der Waals surface area (Å²) in [6.45, 7) is 1.89. The number of fused-ring (bicyclic) bond motifs is 1. The lowest BCUT2D eigenvalue weighted by Gasteiger charge is -2.16. The molecule has 152 valence electrons. The van der Waals surface area contributed by atoms with E-state index >= 15 is 0 Å². The zero-order valence-electron chi connectivity index (χ0n) is 16.6. The Hall–Kier alpha value is -3.92. The average molecular weight is 405 g/mol. The first kappa shape index (κ1) is 20.8. The van der Waals surface area contributed by atoms with E-state index < -0.39 is 17.7 Å². The molecular formula is C23H20FN3O3. The van der Waals surface area contributed by atoms with Crippen LogP contribution in [0.4, 0.5) is 10.1 Å². The van der Waals surface area contributed by atoms with Gasteiger partial charge in [-0.15, -0.1) is 0 Å². The normalized spacial score (nSPS) is 11.2. The third-order valence-corrected chi connectivity index (χ3v) is 4.58. The van der Waals surface area contributed by atoms with E-state index in [0.717, 1.165) is 0 Å². The van der Waals surface area contributed by atoms with Gasteiger partial charge in [0.05, 0.1) is 6.61 Å². The predicted octanol–water partition coefficient (Wildman–Crippen LogP) is 3.91. The summed E-state index contributed by atoms with van der Waals surface area (Å²) in [6.07, 6.45) is 3.01. The molecule has 30 heavy (non-hydrogen) atoms. The first-order valence-corrected chi connectivity index (χ1v) is 9.33. The van der Waals surface area contributed by atoms with Crippen molar-refractivity contribution in [2.45, 2.75) is 13.5 Å². The average Bonchev–Trinajstić information content (AvgIpc) is 3.07. The number of rotatable bonds is 6. The summed E-state index contributed by atoms with van der Waals surface area (Å²) >= 11 is 0. The highest BCUT2D eigenvalue weighted by Gasteiger charge is 2.18. The standard InChI is InChI=1S/C23H20FN3O3/c1-3-30-22(28)15-27-14-17(20-12-18(24)9-10-21(20)27)11-16(13-25)23(29)26(2)19-7-5-4-6-8-19/h4-12,14H,3,15H2,1-2H3/b16-11+. The predicted molar refractivity (Wildman–Crippen MR) is 112 cm³/mol. The first-order chi connectivity index (χ1) is 14.4. The van der Waals surface area contributed by atoms with E-state index in [-0.39, 0.29) is 18.7 Å². The number of amides is 1. The molecule has 0 radical (unpaired) electrons. The Bertz CT molecular complexity index is 1160. The van der Waals surface area contributed by atoms with Crippen LogP contribution in [0.5, 0.6) is 0 Å². The van der Waals surface area contributed by atoms with E-state index in [1.54, 1.807) is 55.1 Å². The molecule has 0 bridgehead atoms. The largest absolute Gasteiger partial charge is 0.465 e. The van der Waals surface area contributed by atoms with Gasteiger partial charge < -0.3 is 14.2 Å². The van der Waals surface area contributed by atoms with Gasteiger partial charge >= 0.3 is 5.97 Å². The Balaban J connectivity index is 2.02. The lowest BCUT2D eigenvalue weighted by Crippen LogP contribution is -2.27. The summed E-state index contributed by atoms with van der Waals surface area (Å²) in [5.41, 5.74) is 1.58. The zero-order chi connectivity index (χ0) is 21.7. The van der Waals surface area contributed by atoms with Gasteiger partial charge in [-0.25, -0.2) is 4.39 Å². The first-order valence-electron chi connectivity index (χ1n) is 9.33. The molecular weight excluding hydrogens is 385 g/mol. The van der Waals surface area contributed by atoms with E-state index in [4.69, 9.17) is 4.74 Å². The summed E-state index contributed by atoms with van der Waals surface area (Å²) in [6, 6.07) is 15.0. The second-order valence-corrected chi connectivity index (χ2v) is 6.55. The van der Waals surface area contributed by atoms with E-state index in [9.17, 15) is 19.2 Å². The van der Waals surface area contributed by atoms with Gasteiger partial charge in [0.25, 0.3) is 5.91 Å². The maximum Gasteiger partial charge on any atom is 0.325 e. The summed E-state index contributed by atoms with van der Waals surface area (Å²) in [4.78, 5) is 26.1. The number of nitriles is 1. The number of anilines is 1. The molecule has 3 rings (SSSR count). The van der Waals surface area contributed by atoms with Gasteiger partial charge in [0.2, 0.25) is 0 Å². The number of hydrogen-bond donors (Lipinski definition) is 0. The topological polar surface area (TPSA) is 75.3 Å². The Kier molecular flexibility index (Phi) is 6.28. The Morgan fingerprint density at radius 2 is 1.97 bits per heavy atom. The number of para-hydroxylation sites is 1. The van der Waals surface area contributed by atoms with E-state index in [1.165, 1.54) is 23.1 Å². The van der Waals surface area contributed by atoms with Crippen molar-refractivity contribution in [1.82, 2.24) is 4.57 Å². The summed E-state index contributed by atoms with van der Waals surface area (Å²) in [7, 11) is 1.58. The summed E-state index contributed by atoms with van der Waals surface area (Å²) in [5, 5.41) is 10.1. The molecule has 0 saturated carbocycles. The number of likely N-dealkylation sites (N-methyl/N-ethyl adjacent to an activating group) is 1. The number of nitrogens with zero attached hydrogens (tertiary/aromatic N) is 3. The molecule has 1 heterocycles. The van der Waals surface area contributed by atoms with Crippen molar-refractivity contribution in [3.8, 4) is 6.07 Å². The van der Waals surface area contributed by atoms with Crippen molar-refractivity contribution in [3.05, 3.63) is 71.7 Å². The van der Waals surface area contributed by atoms with Crippen molar-refractivity contribution in [1.29, 1.82) is 5.26 Å². The van der Waals surface area contributed by atoms with Crippen molar-refractivity contribution in [2.75, 3.05) is 18.6 Å². The Morgan fingerprint density at radius 3 is 2.63 bits per heavy atom. The minimum Gasteiger partial charge on any atom is -0.465 e. The van der Waals surface area contributed by atoms with Crippen LogP contribution in [-0.2, 0) is 20.9 Å². The minimum atomic E-state index is -0.494. The molecule has 0 atom stereocenters. The van der Waals surface area contributed by atoms with E-state index in [1.807, 2.05) is 12.1 Å². The maximum absolute atomic E-state index is 13.9. The number of esters is 1. The minimum absolute atomic E-state index is 0.0659. The second kappa shape index (κ2) is 9.05. The number of halogens is 1. The molecule has 0 aliphatic heterocycles. The van der Waals surface area contributed by atoms with Gasteiger partial charge in [0.1, 0.15) is 24.0 Å². The zero-order valence-corrected chi connectivity index (χ0v) is 16.6. The van der Waals surface area contributed by atoms with Crippen molar-refractivity contribution in [2.24, 2.45) is 0 Å². The fourth-order valence-corrected chi connectivity index (χ4v) is 3.14. The van der Waals surface area contributed by atoms with Crippen LogP contribution in [0.25, 0.3) is 17.0 Å². The second-order valence-electron chi connectivity index (χ2n) is 6.55. The molecule has 1 amide bonds. The van der Waals surface area contributed by atoms with Gasteiger partial charge in [0, 0.05) is 35.4 Å². The number of hydrogen-bond acceptors (Lipinski definition) is 4. The van der Waals surface area contributed by atoms with Crippen LogP contribution >= 0.6 is 0 Å². The third-order valence-electron chi connectivity index (χ3n) is 4.58. The van der Waals surface area contributed by atoms with E-state index in [2.05, 4.69) is 0 Å². The molecule has 0 aliphatic rings. The number of carbonyl (C=O) groups is 2. The summed E-state index contributed by atoms with van der Waals surface area (Å²) < 4.78 is 20.5. The molecule has 7 heteroatoms. The third kappa shape index (κ3) is 4.39. The highest BCUT2D eigenvalue weighted by Crippen LogP contribution is 2.26. The molecule has 0 unspecified atom stereocenters. The SMILES string of the molecule is CCOC(=O)Cn1cc(/C=C(\C#N)C(=O)N(C)c2ccccc2)c2cc(F)ccc21. The molecule has 1 aromatic heterocycles. The number of ether oxygens (including phenoxy) is 1. The molecule has 3 aromatic rings. The van der Waals surface area contributed by atoms with Crippen LogP contribution in [0.15, 0.2) is 60.3 Å². The molecule has 0 N–H and O–H groups in total. The molecule has 0 spiro atoms. The lowest BCUT2D eigenvalue weighted by atomic mass is 10.1. The highest BCUT2D eigenvalue weighted by molar-refractivity contribution is 6.11. The van der Waals surface area contributed by atoms with Crippen LogP contribution in [0.1, 0.15) is 12.5 Å².